The van der Waals surface area contributed by atoms with Crippen molar-refractivity contribution in [2.45, 2.75) is 32.5 Å². The highest BCUT2D eigenvalue weighted by molar-refractivity contribution is 5.90. The highest BCUT2D eigenvalue weighted by atomic mass is 16.5. The number of benzene rings is 1. The Morgan fingerprint density at radius 3 is 2.48 bits per heavy atom. The zero-order chi connectivity index (χ0) is 17.6. The van der Waals surface area contributed by atoms with E-state index in [-0.39, 0.29) is 6.10 Å². The summed E-state index contributed by atoms with van der Waals surface area (Å²) in [5, 5.41) is 23.1. The van der Waals surface area contributed by atoms with E-state index in [0.29, 0.717) is 17.2 Å². The number of methoxy groups -OCH3 is 1. The number of carbonyl (C=O) groups excluding carboxylic acids is 1. The number of carboxylic acid groups (broad SMARTS) is 1. The smallest absolute Gasteiger partial charge is 0.337 e. The summed E-state index contributed by atoms with van der Waals surface area (Å²) in [6.45, 7) is 4.43. The summed E-state index contributed by atoms with van der Waals surface area (Å²) >= 11 is 0. The standard InChI is InChI=1S/C15H22N2O6/c1-9(2)23-11-6-5-10(7-12(11)22-4)17-14(20)16-8-15(3,21)13(18)19/h5-7,9,21H,8H2,1-4H3,(H,18,19)(H2,16,17,20). The minimum atomic E-state index is -2.04. The van der Waals surface area contributed by atoms with Crippen LogP contribution in [0.15, 0.2) is 18.2 Å². The predicted octanol–water partition coefficient (Wildman–Crippen LogP) is 1.44. The first-order chi connectivity index (χ1) is 10.7. The third-order valence-corrected chi connectivity index (χ3v) is 2.84. The molecule has 1 unspecified atom stereocenters. The lowest BCUT2D eigenvalue weighted by molar-refractivity contribution is -0.155. The highest BCUT2D eigenvalue weighted by Gasteiger charge is 2.30. The van der Waals surface area contributed by atoms with Crippen LogP contribution in [0.1, 0.15) is 20.8 Å². The molecule has 0 saturated carbocycles. The van der Waals surface area contributed by atoms with Crippen LogP contribution in [0.3, 0.4) is 0 Å². The van der Waals surface area contributed by atoms with Gasteiger partial charge in [0, 0.05) is 11.8 Å². The molecule has 1 aromatic rings. The van der Waals surface area contributed by atoms with Gasteiger partial charge in [-0.05, 0) is 32.9 Å². The second kappa shape index (κ2) is 7.68. The van der Waals surface area contributed by atoms with Crippen LogP contribution in [0.25, 0.3) is 0 Å². The fraction of sp³-hybridized carbons (Fsp3) is 0.467. The summed E-state index contributed by atoms with van der Waals surface area (Å²) in [4.78, 5) is 22.5. The first kappa shape index (κ1) is 18.6. The van der Waals surface area contributed by atoms with E-state index in [4.69, 9.17) is 14.6 Å². The molecule has 0 fully saturated rings. The third kappa shape index (κ3) is 5.67. The fourth-order valence-corrected chi connectivity index (χ4v) is 1.60. The SMILES string of the molecule is COc1cc(NC(=O)NCC(C)(O)C(=O)O)ccc1OC(C)C. The number of hydrogen-bond acceptors (Lipinski definition) is 5. The largest absolute Gasteiger partial charge is 0.493 e. The minimum Gasteiger partial charge on any atom is -0.493 e. The number of carbonyl (C=O) groups is 2. The zero-order valence-electron chi connectivity index (χ0n) is 13.5. The number of anilines is 1. The molecule has 1 aromatic carbocycles. The molecule has 1 atom stereocenters. The Morgan fingerprint density at radius 1 is 1.30 bits per heavy atom. The molecular formula is C15H22N2O6. The fourth-order valence-electron chi connectivity index (χ4n) is 1.60. The van der Waals surface area contributed by atoms with Crippen molar-refractivity contribution in [1.82, 2.24) is 5.32 Å². The predicted molar refractivity (Wildman–Crippen MR) is 84.0 cm³/mol. The summed E-state index contributed by atoms with van der Waals surface area (Å²) < 4.78 is 10.8. The van der Waals surface area contributed by atoms with Gasteiger partial charge in [-0.15, -0.1) is 0 Å². The normalized spacial score (nSPS) is 13.1. The summed E-state index contributed by atoms with van der Waals surface area (Å²) in [5.41, 5.74) is -1.60. The molecule has 0 aliphatic carbocycles. The number of nitrogens with one attached hydrogen (secondary N) is 2. The van der Waals surface area contributed by atoms with Gasteiger partial charge >= 0.3 is 12.0 Å². The Labute approximate surface area is 134 Å². The van der Waals surface area contributed by atoms with Crippen LogP contribution in [-0.4, -0.2) is 47.6 Å². The van der Waals surface area contributed by atoms with Crippen LogP contribution < -0.4 is 20.1 Å². The van der Waals surface area contributed by atoms with E-state index < -0.39 is 24.1 Å². The van der Waals surface area contributed by atoms with Crippen LogP contribution in [0.4, 0.5) is 10.5 Å². The van der Waals surface area contributed by atoms with Crippen LogP contribution in [0, 0.1) is 0 Å². The van der Waals surface area contributed by atoms with Crippen LogP contribution in [0.5, 0.6) is 11.5 Å². The molecule has 0 spiro atoms. The first-order valence-electron chi connectivity index (χ1n) is 7.01. The third-order valence-electron chi connectivity index (χ3n) is 2.84. The summed E-state index contributed by atoms with van der Waals surface area (Å²) in [6, 6.07) is 4.20. The Balaban J connectivity index is 2.70. The quantitative estimate of drug-likeness (QED) is 0.602. The first-order valence-corrected chi connectivity index (χ1v) is 7.01. The maximum atomic E-state index is 11.7. The van der Waals surface area contributed by atoms with Gasteiger partial charge in [-0.2, -0.15) is 0 Å². The highest BCUT2D eigenvalue weighted by Crippen LogP contribution is 2.30. The second-order valence-corrected chi connectivity index (χ2v) is 5.42. The van der Waals surface area contributed by atoms with Crippen LogP contribution >= 0.6 is 0 Å². The molecule has 0 saturated heterocycles. The van der Waals surface area contributed by atoms with Gasteiger partial charge in [0.25, 0.3) is 0 Å². The van der Waals surface area contributed by atoms with Gasteiger partial charge < -0.3 is 30.3 Å². The molecule has 128 valence electrons. The molecule has 1 rings (SSSR count). The average Bonchev–Trinajstić information content (AvgIpc) is 2.46. The monoisotopic (exact) mass is 326 g/mol. The maximum Gasteiger partial charge on any atom is 0.337 e. The van der Waals surface area contributed by atoms with Crippen molar-refractivity contribution < 1.29 is 29.3 Å². The van der Waals surface area contributed by atoms with Gasteiger partial charge in [-0.3, -0.25) is 0 Å². The minimum absolute atomic E-state index is 0.0238. The Morgan fingerprint density at radius 2 is 1.96 bits per heavy atom. The van der Waals surface area contributed by atoms with Crippen molar-refractivity contribution >= 4 is 17.7 Å². The molecular weight excluding hydrogens is 304 g/mol. The van der Waals surface area contributed by atoms with Crippen molar-refractivity contribution in [3.05, 3.63) is 18.2 Å². The molecule has 23 heavy (non-hydrogen) atoms. The van der Waals surface area contributed by atoms with Crippen molar-refractivity contribution in [1.29, 1.82) is 0 Å². The van der Waals surface area contributed by atoms with Crippen molar-refractivity contribution in [2.75, 3.05) is 19.0 Å². The van der Waals surface area contributed by atoms with Crippen LogP contribution in [-0.2, 0) is 4.79 Å². The van der Waals surface area contributed by atoms with Gasteiger partial charge in [0.05, 0.1) is 19.8 Å². The van der Waals surface area contributed by atoms with Gasteiger partial charge in [-0.25, -0.2) is 9.59 Å². The molecule has 0 aromatic heterocycles. The lowest BCUT2D eigenvalue weighted by Gasteiger charge is -2.19. The topological polar surface area (TPSA) is 117 Å². The average molecular weight is 326 g/mol. The summed E-state index contributed by atoms with van der Waals surface area (Å²) in [7, 11) is 1.48. The van der Waals surface area contributed by atoms with E-state index in [0.717, 1.165) is 6.92 Å². The van der Waals surface area contributed by atoms with Gasteiger partial charge in [0.1, 0.15) is 0 Å². The number of amides is 2. The molecule has 8 nitrogen and oxygen atoms in total. The number of hydrogen-bond donors (Lipinski definition) is 4. The number of urea groups is 1. The lowest BCUT2D eigenvalue weighted by atomic mass is 10.1. The van der Waals surface area contributed by atoms with Gasteiger partial charge in [0.15, 0.2) is 17.1 Å². The Kier molecular flexibility index (Phi) is 6.20. The summed E-state index contributed by atoms with van der Waals surface area (Å²) in [5.74, 6) is -0.425. The van der Waals surface area contributed by atoms with E-state index in [1.165, 1.54) is 7.11 Å². The van der Waals surface area contributed by atoms with E-state index >= 15 is 0 Å². The van der Waals surface area contributed by atoms with Gasteiger partial charge in [0.2, 0.25) is 0 Å². The molecule has 0 aliphatic heterocycles. The molecule has 0 bridgehead atoms. The maximum absolute atomic E-state index is 11.7. The molecule has 0 aliphatic rings. The number of rotatable bonds is 7. The lowest BCUT2D eigenvalue weighted by Crippen LogP contribution is -2.47. The summed E-state index contributed by atoms with van der Waals surface area (Å²) in [6.07, 6.45) is -0.0238. The van der Waals surface area contributed by atoms with Crippen molar-refractivity contribution in [3.63, 3.8) is 0 Å². The van der Waals surface area contributed by atoms with Crippen LogP contribution in [0.2, 0.25) is 0 Å². The zero-order valence-corrected chi connectivity index (χ0v) is 13.5. The van der Waals surface area contributed by atoms with Crippen molar-refractivity contribution in [2.24, 2.45) is 0 Å². The number of carboxylic acids is 1. The van der Waals surface area contributed by atoms with E-state index in [1.807, 2.05) is 13.8 Å². The Hall–Kier alpha value is -2.48. The van der Waals surface area contributed by atoms with E-state index in [2.05, 4.69) is 10.6 Å². The molecule has 2 amide bonds. The number of ether oxygens (including phenoxy) is 2. The molecule has 0 radical (unpaired) electrons. The number of aliphatic hydroxyl groups is 1. The molecule has 4 N–H and O–H groups in total. The molecule has 0 heterocycles. The number of aliphatic carboxylic acids is 1. The second-order valence-electron chi connectivity index (χ2n) is 5.42. The van der Waals surface area contributed by atoms with Crippen molar-refractivity contribution in [3.8, 4) is 11.5 Å². The Bertz CT molecular complexity index is 571. The van der Waals surface area contributed by atoms with Gasteiger partial charge in [-0.1, -0.05) is 0 Å². The van der Waals surface area contributed by atoms with E-state index in [9.17, 15) is 14.7 Å². The molecule has 8 heteroatoms. The van der Waals surface area contributed by atoms with E-state index in [1.54, 1.807) is 18.2 Å².